The Morgan fingerprint density at radius 1 is 0.353 bits per heavy atom. The van der Waals surface area contributed by atoms with Crippen molar-refractivity contribution in [1.29, 1.82) is 0 Å². The Bertz CT molecular complexity index is 2240. The van der Waals surface area contributed by atoms with E-state index in [1.165, 1.54) is 90.6 Å². The number of benzene rings is 7. The molecule has 5 heteroatoms. The summed E-state index contributed by atoms with van der Waals surface area (Å²) in [6, 6.07) is 56.8. The van der Waals surface area contributed by atoms with E-state index >= 15 is 0 Å². The molecule has 0 aliphatic carbocycles. The molecule has 0 radical (unpaired) electrons. The first kappa shape index (κ1) is 32.2. The summed E-state index contributed by atoms with van der Waals surface area (Å²) in [7, 11) is 0. The van der Waals surface area contributed by atoms with E-state index in [-0.39, 0.29) is 36.6 Å². The number of hydrogen-bond donors (Lipinski definition) is 0. The molecular formula is C46H37BN2Se2. The molecule has 9 rings (SSSR count). The molecule has 0 spiro atoms. The summed E-state index contributed by atoms with van der Waals surface area (Å²) < 4.78 is 5.68. The van der Waals surface area contributed by atoms with E-state index in [1.54, 1.807) is 0 Å². The molecule has 0 saturated heterocycles. The minimum absolute atomic E-state index is 0.0888. The van der Waals surface area contributed by atoms with Crippen LogP contribution in [0.2, 0.25) is 0 Å². The fourth-order valence-corrected chi connectivity index (χ4v) is 12.5. The van der Waals surface area contributed by atoms with Gasteiger partial charge in [0.1, 0.15) is 0 Å². The molecule has 0 N–H and O–H groups in total. The maximum atomic E-state index is 2.60. The summed E-state index contributed by atoms with van der Waals surface area (Å²) in [5.74, 6) is 0. The fourth-order valence-electron chi connectivity index (χ4n) is 8.16. The standard InChI is InChI=1S/C46H37BN2Se2/c1-30-16-11-17-31(2)45(30)48-36-24-13-25-37-42(36)47(43-38(48)26-14-28-40(43)50-34-20-7-5-8-21-34)44-39(49(37)46-32(3)18-12-19-33(46)4)27-15-29-41(44)51-35-22-9-6-10-23-35/h5-29H,1-4H3. The van der Waals surface area contributed by atoms with E-state index in [1.807, 2.05) is 0 Å². The van der Waals surface area contributed by atoms with Crippen molar-refractivity contribution < 1.29 is 0 Å². The van der Waals surface area contributed by atoms with Gasteiger partial charge < -0.3 is 0 Å². The number of hydrogen-bond acceptors (Lipinski definition) is 2. The van der Waals surface area contributed by atoms with E-state index in [4.69, 9.17) is 0 Å². The van der Waals surface area contributed by atoms with Gasteiger partial charge in [0, 0.05) is 0 Å². The van der Waals surface area contributed by atoms with Gasteiger partial charge >= 0.3 is 316 Å². The van der Waals surface area contributed by atoms with Gasteiger partial charge in [0.15, 0.2) is 0 Å². The number of fused-ring (bicyclic) bond motifs is 4. The first-order chi connectivity index (χ1) is 25.0. The van der Waals surface area contributed by atoms with Gasteiger partial charge in [0.25, 0.3) is 0 Å². The topological polar surface area (TPSA) is 6.48 Å². The van der Waals surface area contributed by atoms with Crippen LogP contribution in [0.1, 0.15) is 22.3 Å². The van der Waals surface area contributed by atoms with E-state index in [2.05, 4.69) is 189 Å². The van der Waals surface area contributed by atoms with Crippen molar-refractivity contribution in [2.45, 2.75) is 27.7 Å². The zero-order valence-corrected chi connectivity index (χ0v) is 32.6. The molecular weight excluding hydrogens is 749 g/mol. The van der Waals surface area contributed by atoms with Crippen molar-refractivity contribution in [3.63, 3.8) is 0 Å². The van der Waals surface area contributed by atoms with Crippen LogP contribution in [0.5, 0.6) is 0 Å². The Kier molecular flexibility index (Phi) is 8.26. The van der Waals surface area contributed by atoms with Gasteiger partial charge in [-0.25, -0.2) is 0 Å². The minimum atomic E-state index is 0.0888. The summed E-state index contributed by atoms with van der Waals surface area (Å²) in [5.41, 5.74) is 17.1. The molecule has 0 aromatic heterocycles. The van der Waals surface area contributed by atoms with E-state index in [0.29, 0.717) is 0 Å². The van der Waals surface area contributed by atoms with Crippen LogP contribution >= 0.6 is 0 Å². The molecule has 246 valence electrons. The zero-order chi connectivity index (χ0) is 34.6. The Hall–Kier alpha value is -4.76. The number of rotatable bonds is 6. The van der Waals surface area contributed by atoms with Crippen LogP contribution in [0.3, 0.4) is 0 Å². The quantitative estimate of drug-likeness (QED) is 0.183. The van der Waals surface area contributed by atoms with Crippen molar-refractivity contribution >= 4 is 105 Å². The summed E-state index contributed by atoms with van der Waals surface area (Å²) in [6.45, 7) is 9.14. The first-order valence-corrected chi connectivity index (χ1v) is 21.0. The van der Waals surface area contributed by atoms with Gasteiger partial charge in [-0.05, 0) is 0 Å². The maximum absolute atomic E-state index is 2.60. The number of nitrogens with zero attached hydrogens (tertiary/aromatic N) is 2. The normalized spacial score (nSPS) is 12.7. The molecule has 0 bridgehead atoms. The summed E-state index contributed by atoms with van der Waals surface area (Å²) >= 11 is 0.240. The van der Waals surface area contributed by atoms with Gasteiger partial charge in [0.05, 0.1) is 0 Å². The number of para-hydroxylation sites is 2. The summed E-state index contributed by atoms with van der Waals surface area (Å²) in [6.07, 6.45) is 0. The van der Waals surface area contributed by atoms with Crippen LogP contribution in [0.25, 0.3) is 0 Å². The fraction of sp³-hybridized carbons (Fsp3) is 0.0870. The Labute approximate surface area is 314 Å². The third-order valence-electron chi connectivity index (χ3n) is 10.2. The number of aryl methyl sites for hydroxylation is 4. The molecule has 0 atom stereocenters. The molecule has 0 fully saturated rings. The van der Waals surface area contributed by atoms with Crippen LogP contribution in [-0.4, -0.2) is 36.6 Å². The van der Waals surface area contributed by atoms with E-state index in [0.717, 1.165) is 0 Å². The molecule has 0 unspecified atom stereocenters. The molecule has 2 aliphatic rings. The predicted octanol–water partition coefficient (Wildman–Crippen LogP) is 6.31. The zero-order valence-electron chi connectivity index (χ0n) is 29.2. The number of anilines is 6. The van der Waals surface area contributed by atoms with Gasteiger partial charge in [-0.2, -0.15) is 0 Å². The molecule has 0 saturated carbocycles. The molecule has 2 heterocycles. The van der Waals surface area contributed by atoms with E-state index in [9.17, 15) is 0 Å². The van der Waals surface area contributed by atoms with Crippen LogP contribution < -0.4 is 44.0 Å². The molecule has 7 aromatic rings. The second-order valence-corrected chi connectivity index (χ2v) is 18.2. The molecule has 2 aliphatic heterocycles. The average molecular weight is 787 g/mol. The van der Waals surface area contributed by atoms with Crippen molar-refractivity contribution in [2.75, 3.05) is 9.80 Å². The van der Waals surface area contributed by atoms with Gasteiger partial charge in [0.2, 0.25) is 0 Å². The third-order valence-corrected chi connectivity index (χ3v) is 14.8. The van der Waals surface area contributed by atoms with Crippen molar-refractivity contribution in [1.82, 2.24) is 0 Å². The summed E-state index contributed by atoms with van der Waals surface area (Å²) in [5, 5.41) is 0. The molecule has 7 aromatic carbocycles. The van der Waals surface area contributed by atoms with Gasteiger partial charge in [-0.1, -0.05) is 0 Å². The van der Waals surface area contributed by atoms with Gasteiger partial charge in [-0.3, -0.25) is 0 Å². The average Bonchev–Trinajstić information content (AvgIpc) is 3.14. The van der Waals surface area contributed by atoms with Crippen molar-refractivity contribution in [3.05, 3.63) is 174 Å². The second-order valence-electron chi connectivity index (χ2n) is 13.5. The van der Waals surface area contributed by atoms with Crippen LogP contribution in [0.4, 0.5) is 34.1 Å². The van der Waals surface area contributed by atoms with Crippen LogP contribution in [0.15, 0.2) is 152 Å². The first-order valence-electron chi connectivity index (χ1n) is 17.6. The summed E-state index contributed by atoms with van der Waals surface area (Å²) in [4.78, 5) is 5.19. The monoisotopic (exact) mass is 788 g/mol. The van der Waals surface area contributed by atoms with Crippen molar-refractivity contribution in [3.8, 4) is 0 Å². The SMILES string of the molecule is Cc1cccc(C)c1N1c2cccc([Se]c3ccccc3)c2B2c3c([Se]c4ccccc4)cccc3N(c3c(C)cccc3C)c3cccc1c32. The Morgan fingerprint density at radius 2 is 0.686 bits per heavy atom. The van der Waals surface area contributed by atoms with Crippen molar-refractivity contribution in [2.24, 2.45) is 0 Å². The van der Waals surface area contributed by atoms with Crippen LogP contribution in [0, 0.1) is 27.7 Å². The third kappa shape index (κ3) is 5.39. The molecule has 51 heavy (non-hydrogen) atoms. The Balaban J connectivity index is 1.41. The molecule has 2 nitrogen and oxygen atoms in total. The molecule has 0 amide bonds. The van der Waals surface area contributed by atoms with Crippen LogP contribution in [-0.2, 0) is 0 Å². The van der Waals surface area contributed by atoms with Gasteiger partial charge in [-0.15, -0.1) is 0 Å². The second kappa shape index (κ2) is 13.1. The Morgan fingerprint density at radius 3 is 1.08 bits per heavy atom. The van der Waals surface area contributed by atoms with E-state index < -0.39 is 0 Å². The predicted molar refractivity (Wildman–Crippen MR) is 222 cm³/mol.